The second-order valence-corrected chi connectivity index (χ2v) is 10.0. The molecule has 176 valence electrons. The largest absolute Gasteiger partial charge is 0.372 e. The number of hydrogen-bond donors (Lipinski definition) is 2. The Balaban J connectivity index is 1.23. The highest BCUT2D eigenvalue weighted by molar-refractivity contribution is 6.09. The number of ether oxygens (including phenoxy) is 1. The summed E-state index contributed by atoms with van der Waals surface area (Å²) in [5.74, 6) is 0.355. The second kappa shape index (κ2) is 9.40. The van der Waals surface area contributed by atoms with Crippen LogP contribution < -0.4 is 11.1 Å². The lowest BCUT2D eigenvalue weighted by Gasteiger charge is -2.19. The van der Waals surface area contributed by atoms with Crippen molar-refractivity contribution in [1.29, 1.82) is 0 Å². The molecule has 0 bridgehead atoms. The minimum absolute atomic E-state index is 0.156. The van der Waals surface area contributed by atoms with E-state index in [1.165, 1.54) is 27.6 Å². The highest BCUT2D eigenvalue weighted by atomic mass is 16.5. The fourth-order valence-corrected chi connectivity index (χ4v) is 4.43. The van der Waals surface area contributed by atoms with Gasteiger partial charge in [0, 0.05) is 11.1 Å². The molecule has 0 aromatic heterocycles. The van der Waals surface area contributed by atoms with E-state index < -0.39 is 0 Å². The van der Waals surface area contributed by atoms with Gasteiger partial charge in [-0.2, -0.15) is 0 Å². The number of nitrogens with two attached hydrogens (primary N) is 1. The smallest absolute Gasteiger partial charge is 0.198 e. The number of rotatable bonds is 6. The third-order valence-corrected chi connectivity index (χ3v) is 6.32. The topological polar surface area (TPSA) is 59.6 Å². The van der Waals surface area contributed by atoms with Crippen molar-refractivity contribution in [2.75, 3.05) is 5.32 Å². The Morgan fingerprint density at radius 2 is 1.54 bits per heavy atom. The van der Waals surface area contributed by atoms with Crippen LogP contribution in [0.2, 0.25) is 0 Å². The van der Waals surface area contributed by atoms with Crippen LogP contribution in [0.4, 0.5) is 11.4 Å². The number of aliphatic imine (C=N–C) groups is 1. The Morgan fingerprint density at radius 3 is 2.31 bits per heavy atom. The molecular formula is C31H31N3O. The molecule has 4 aromatic carbocycles. The van der Waals surface area contributed by atoms with Gasteiger partial charge in [0.05, 0.1) is 18.9 Å². The third kappa shape index (κ3) is 5.13. The van der Waals surface area contributed by atoms with Gasteiger partial charge >= 0.3 is 0 Å². The predicted molar refractivity (Wildman–Crippen MR) is 148 cm³/mol. The summed E-state index contributed by atoms with van der Waals surface area (Å²) in [4.78, 5) is 4.67. The summed E-state index contributed by atoms with van der Waals surface area (Å²) in [6, 6.07) is 27.1. The van der Waals surface area contributed by atoms with Crippen molar-refractivity contribution >= 4 is 40.3 Å². The van der Waals surface area contributed by atoms with Crippen LogP contribution in [0.1, 0.15) is 48.6 Å². The molecule has 0 amide bonds. The molecule has 1 aliphatic rings. The summed E-state index contributed by atoms with van der Waals surface area (Å²) in [6.07, 6.45) is 4.28. The van der Waals surface area contributed by atoms with E-state index in [1.807, 2.05) is 24.3 Å². The van der Waals surface area contributed by atoms with Crippen LogP contribution in [0.25, 0.3) is 22.9 Å². The molecule has 4 nitrogen and oxygen atoms in total. The van der Waals surface area contributed by atoms with Gasteiger partial charge in [0.2, 0.25) is 0 Å². The van der Waals surface area contributed by atoms with Crippen molar-refractivity contribution in [3.63, 3.8) is 0 Å². The molecule has 3 N–H and O–H groups in total. The van der Waals surface area contributed by atoms with E-state index in [1.54, 1.807) is 0 Å². The first-order valence-corrected chi connectivity index (χ1v) is 12.0. The van der Waals surface area contributed by atoms with Gasteiger partial charge in [-0.25, -0.2) is 4.99 Å². The zero-order valence-corrected chi connectivity index (χ0v) is 20.5. The first-order valence-electron chi connectivity index (χ1n) is 12.0. The van der Waals surface area contributed by atoms with Gasteiger partial charge in [-0.15, -0.1) is 0 Å². The van der Waals surface area contributed by atoms with E-state index in [9.17, 15) is 0 Å². The first kappa shape index (κ1) is 22.9. The molecule has 0 spiro atoms. The normalized spacial score (nSPS) is 12.9. The number of nitrogens with zero attached hydrogens (tertiary/aromatic N) is 1. The van der Waals surface area contributed by atoms with Crippen LogP contribution in [0.3, 0.4) is 0 Å². The number of anilines is 1. The van der Waals surface area contributed by atoms with Crippen molar-refractivity contribution in [3.8, 4) is 0 Å². The highest BCUT2D eigenvalue weighted by Gasteiger charge is 2.13. The summed E-state index contributed by atoms with van der Waals surface area (Å²) in [5, 5.41) is 5.56. The van der Waals surface area contributed by atoms with Crippen LogP contribution in [-0.4, -0.2) is 5.96 Å². The molecule has 0 fully saturated rings. The third-order valence-electron chi connectivity index (χ3n) is 6.32. The Morgan fingerprint density at radius 1 is 0.829 bits per heavy atom. The second-order valence-electron chi connectivity index (χ2n) is 10.0. The molecule has 4 heteroatoms. The average molecular weight is 462 g/mol. The molecule has 0 unspecified atom stereocenters. The van der Waals surface area contributed by atoms with Crippen LogP contribution in [0.5, 0.6) is 0 Å². The maximum atomic E-state index is 6.28. The molecule has 1 aliphatic carbocycles. The molecule has 0 aliphatic heterocycles. The van der Waals surface area contributed by atoms with Crippen LogP contribution in [0.15, 0.2) is 83.9 Å². The zero-order chi connectivity index (χ0) is 24.4. The standard InChI is InChI=1S/C31H31N3O/c1-31(2,3)25-15-10-21(11-16-25)19-35-20-22-6-4-8-26(18-22)33-30(32)34-28-17-14-24-13-12-23-7-5-9-27(28)29(23)24/h4-18H,19-20H2,1-3H3,(H3,32,33,34). The van der Waals surface area contributed by atoms with Crippen molar-refractivity contribution < 1.29 is 4.74 Å². The van der Waals surface area contributed by atoms with Gasteiger partial charge in [0.15, 0.2) is 5.96 Å². The summed E-state index contributed by atoms with van der Waals surface area (Å²) in [6.45, 7) is 7.77. The van der Waals surface area contributed by atoms with E-state index in [4.69, 9.17) is 10.5 Å². The van der Waals surface area contributed by atoms with E-state index in [2.05, 4.69) is 97.8 Å². The lowest BCUT2D eigenvalue weighted by atomic mass is 9.87. The van der Waals surface area contributed by atoms with Crippen LogP contribution >= 0.6 is 0 Å². The number of hydrogen-bond acceptors (Lipinski definition) is 2. The highest BCUT2D eigenvalue weighted by Crippen LogP contribution is 2.36. The Bertz CT molecular complexity index is 1410. The molecule has 0 saturated carbocycles. The number of nitrogens with one attached hydrogen (secondary N) is 1. The van der Waals surface area contributed by atoms with Crippen molar-refractivity contribution in [1.82, 2.24) is 0 Å². The van der Waals surface area contributed by atoms with E-state index >= 15 is 0 Å². The Hall–Kier alpha value is -3.89. The maximum absolute atomic E-state index is 6.28. The summed E-state index contributed by atoms with van der Waals surface area (Å²) in [7, 11) is 0. The van der Waals surface area contributed by atoms with Crippen LogP contribution in [-0.2, 0) is 23.4 Å². The van der Waals surface area contributed by atoms with E-state index in [-0.39, 0.29) is 5.41 Å². The molecule has 0 atom stereocenters. The summed E-state index contributed by atoms with van der Waals surface area (Å²) >= 11 is 0. The fraction of sp³-hybridized carbons (Fsp3) is 0.194. The number of guanidine groups is 1. The SMILES string of the molecule is CC(C)(C)c1ccc(COCc2cccc(NC(N)=Nc3ccc4c5c(cccc35)C=C4)c2)cc1. The monoisotopic (exact) mass is 461 g/mol. The van der Waals surface area contributed by atoms with Crippen molar-refractivity contribution in [2.24, 2.45) is 10.7 Å². The molecule has 4 aromatic rings. The van der Waals surface area contributed by atoms with Gasteiger partial charge in [-0.3, -0.25) is 0 Å². The van der Waals surface area contributed by atoms with Crippen molar-refractivity contribution in [2.45, 2.75) is 39.4 Å². The van der Waals surface area contributed by atoms with Gasteiger partial charge in [0.1, 0.15) is 0 Å². The zero-order valence-electron chi connectivity index (χ0n) is 20.5. The molecular weight excluding hydrogens is 430 g/mol. The van der Waals surface area contributed by atoms with Crippen molar-refractivity contribution in [3.05, 3.63) is 107 Å². The lowest BCUT2D eigenvalue weighted by Crippen LogP contribution is -2.22. The van der Waals surface area contributed by atoms with Gasteiger partial charge < -0.3 is 15.8 Å². The summed E-state index contributed by atoms with van der Waals surface area (Å²) < 4.78 is 5.97. The predicted octanol–water partition coefficient (Wildman–Crippen LogP) is 7.40. The number of benzene rings is 4. The maximum Gasteiger partial charge on any atom is 0.198 e. The average Bonchev–Trinajstić information content (AvgIpc) is 3.25. The van der Waals surface area contributed by atoms with Crippen LogP contribution in [0, 0.1) is 0 Å². The molecule has 35 heavy (non-hydrogen) atoms. The van der Waals surface area contributed by atoms with E-state index in [0.717, 1.165) is 22.3 Å². The minimum Gasteiger partial charge on any atom is -0.372 e. The Kier molecular flexibility index (Phi) is 6.14. The molecule has 0 saturated heterocycles. The van der Waals surface area contributed by atoms with E-state index in [0.29, 0.717) is 19.2 Å². The molecule has 0 heterocycles. The minimum atomic E-state index is 0.156. The van der Waals surface area contributed by atoms with Gasteiger partial charge in [0.25, 0.3) is 0 Å². The fourth-order valence-electron chi connectivity index (χ4n) is 4.43. The van der Waals surface area contributed by atoms with Gasteiger partial charge in [-0.05, 0) is 56.8 Å². The summed E-state index contributed by atoms with van der Waals surface area (Å²) in [5.41, 5.74) is 14.2. The lowest BCUT2D eigenvalue weighted by molar-refractivity contribution is 0.107. The molecule has 5 rings (SSSR count). The Labute approximate surface area is 207 Å². The quantitative estimate of drug-likeness (QED) is 0.205. The molecule has 0 radical (unpaired) electrons. The first-order chi connectivity index (χ1) is 16.9. The van der Waals surface area contributed by atoms with Gasteiger partial charge in [-0.1, -0.05) is 93.6 Å².